The van der Waals surface area contributed by atoms with Crippen LogP contribution in [0.4, 0.5) is 0 Å². The Morgan fingerprint density at radius 1 is 1.04 bits per heavy atom. The molecule has 1 N–H and O–H groups in total. The largest absolute Gasteiger partial charge is 0.355 e. The summed E-state index contributed by atoms with van der Waals surface area (Å²) in [4.78, 5) is 26.9. The third-order valence-corrected chi connectivity index (χ3v) is 5.10. The smallest absolute Gasteiger partial charge is 0.242 e. The summed E-state index contributed by atoms with van der Waals surface area (Å²) in [7, 11) is 0. The Hall–Kier alpha value is -2.04. The highest BCUT2D eigenvalue weighted by Gasteiger charge is 2.26. The van der Waals surface area contributed by atoms with Gasteiger partial charge in [0.1, 0.15) is 6.04 Å². The van der Waals surface area contributed by atoms with Gasteiger partial charge in [0.2, 0.25) is 11.8 Å². The highest BCUT2D eigenvalue weighted by molar-refractivity contribution is 6.36. The Bertz CT molecular complexity index is 761. The van der Waals surface area contributed by atoms with E-state index in [1.54, 1.807) is 30.0 Å². The minimum atomic E-state index is -0.581. The minimum Gasteiger partial charge on any atom is -0.355 e. The number of halogens is 2. The molecule has 0 spiro atoms. The van der Waals surface area contributed by atoms with Crippen LogP contribution in [0, 0.1) is 0 Å². The molecule has 27 heavy (non-hydrogen) atoms. The molecule has 6 heteroatoms. The summed E-state index contributed by atoms with van der Waals surface area (Å²) in [5, 5.41) is 3.68. The summed E-state index contributed by atoms with van der Waals surface area (Å²) in [5.74, 6) is -0.358. The van der Waals surface area contributed by atoms with Gasteiger partial charge in [0, 0.05) is 23.1 Å². The van der Waals surface area contributed by atoms with Crippen molar-refractivity contribution >= 4 is 35.0 Å². The summed E-state index contributed by atoms with van der Waals surface area (Å²) in [5.41, 5.74) is 1.69. The zero-order chi connectivity index (χ0) is 19.8. The van der Waals surface area contributed by atoms with Crippen LogP contribution in [0.5, 0.6) is 0 Å². The number of hydrogen-bond donors (Lipinski definition) is 1. The van der Waals surface area contributed by atoms with Crippen LogP contribution >= 0.6 is 23.2 Å². The third-order valence-electron chi connectivity index (χ3n) is 4.39. The molecular formula is C21H24Cl2N2O2. The molecule has 0 unspecified atom stereocenters. The Balaban J connectivity index is 2.19. The number of rotatable bonds is 8. The number of likely N-dealkylation sites (N-methyl/N-ethyl adjacent to an activating group) is 1. The van der Waals surface area contributed by atoms with Gasteiger partial charge in [-0.15, -0.1) is 0 Å². The average Bonchev–Trinajstić information content (AvgIpc) is 2.66. The summed E-state index contributed by atoms with van der Waals surface area (Å²) in [6, 6.07) is 14.4. The first-order valence-electron chi connectivity index (χ1n) is 8.98. The molecule has 0 saturated carbocycles. The maximum Gasteiger partial charge on any atom is 0.242 e. The maximum absolute atomic E-state index is 13.0. The van der Waals surface area contributed by atoms with Crippen molar-refractivity contribution in [1.82, 2.24) is 10.2 Å². The molecule has 2 aromatic rings. The Labute approximate surface area is 170 Å². The quantitative estimate of drug-likeness (QED) is 0.716. The van der Waals surface area contributed by atoms with Gasteiger partial charge in [-0.1, -0.05) is 59.6 Å². The van der Waals surface area contributed by atoms with E-state index in [0.29, 0.717) is 35.1 Å². The van der Waals surface area contributed by atoms with Crippen LogP contribution in [0.2, 0.25) is 10.0 Å². The van der Waals surface area contributed by atoms with Gasteiger partial charge in [0.15, 0.2) is 0 Å². The molecule has 2 amide bonds. The van der Waals surface area contributed by atoms with Crippen molar-refractivity contribution in [2.24, 2.45) is 0 Å². The molecule has 0 saturated heterocycles. The molecule has 0 aliphatic rings. The average molecular weight is 407 g/mol. The first-order valence-corrected chi connectivity index (χ1v) is 9.73. The van der Waals surface area contributed by atoms with Crippen molar-refractivity contribution in [3.8, 4) is 0 Å². The van der Waals surface area contributed by atoms with E-state index in [0.717, 1.165) is 5.56 Å². The number of amides is 2. The fourth-order valence-electron chi connectivity index (χ4n) is 2.85. The van der Waals surface area contributed by atoms with Crippen LogP contribution in [0.25, 0.3) is 0 Å². The molecule has 0 bridgehead atoms. The van der Waals surface area contributed by atoms with E-state index < -0.39 is 6.04 Å². The Morgan fingerprint density at radius 2 is 1.67 bits per heavy atom. The lowest BCUT2D eigenvalue weighted by atomic mass is 10.1. The summed E-state index contributed by atoms with van der Waals surface area (Å²) in [6.45, 7) is 4.54. The maximum atomic E-state index is 13.0. The standard InChI is InChI=1S/C21H24Cl2N2O2/c1-3-24-21(27)15(2)25(13-12-16-8-5-4-6-9-16)20(26)14-17-18(22)10-7-11-19(17)23/h4-11,15H,3,12-14H2,1-2H3,(H,24,27)/t15-/m1/s1. The van der Waals surface area contributed by atoms with Crippen molar-refractivity contribution in [2.45, 2.75) is 32.7 Å². The Kier molecular flexibility index (Phi) is 8.14. The number of benzene rings is 2. The molecule has 4 nitrogen and oxygen atoms in total. The molecule has 0 fully saturated rings. The van der Waals surface area contributed by atoms with Crippen LogP contribution in [0.3, 0.4) is 0 Å². The third kappa shape index (κ3) is 5.98. The van der Waals surface area contributed by atoms with E-state index in [2.05, 4.69) is 5.32 Å². The second-order valence-electron chi connectivity index (χ2n) is 6.27. The molecule has 1 atom stereocenters. The van der Waals surface area contributed by atoms with Crippen LogP contribution in [0.1, 0.15) is 25.0 Å². The van der Waals surface area contributed by atoms with Crippen molar-refractivity contribution in [3.63, 3.8) is 0 Å². The van der Waals surface area contributed by atoms with Crippen LogP contribution in [-0.4, -0.2) is 35.8 Å². The van der Waals surface area contributed by atoms with E-state index in [-0.39, 0.29) is 18.2 Å². The van der Waals surface area contributed by atoms with Crippen LogP contribution < -0.4 is 5.32 Å². The van der Waals surface area contributed by atoms with Gasteiger partial charge in [-0.05, 0) is 43.5 Å². The van der Waals surface area contributed by atoms with Crippen molar-refractivity contribution in [3.05, 3.63) is 69.7 Å². The number of hydrogen-bond acceptors (Lipinski definition) is 2. The van der Waals surface area contributed by atoms with Crippen LogP contribution in [0.15, 0.2) is 48.5 Å². The van der Waals surface area contributed by atoms with Gasteiger partial charge in [-0.2, -0.15) is 0 Å². The highest BCUT2D eigenvalue weighted by Crippen LogP contribution is 2.25. The van der Waals surface area contributed by atoms with Gasteiger partial charge < -0.3 is 10.2 Å². The molecule has 0 aliphatic heterocycles. The fourth-order valence-corrected chi connectivity index (χ4v) is 3.38. The molecule has 0 aromatic heterocycles. The Morgan fingerprint density at radius 3 is 2.26 bits per heavy atom. The topological polar surface area (TPSA) is 49.4 Å². The lowest BCUT2D eigenvalue weighted by molar-refractivity contribution is -0.139. The summed E-state index contributed by atoms with van der Waals surface area (Å²) < 4.78 is 0. The van der Waals surface area contributed by atoms with Crippen molar-refractivity contribution < 1.29 is 9.59 Å². The van der Waals surface area contributed by atoms with E-state index in [9.17, 15) is 9.59 Å². The molecular weight excluding hydrogens is 383 g/mol. The minimum absolute atomic E-state index is 0.0526. The molecule has 2 rings (SSSR count). The first kappa shape index (κ1) is 21.3. The SMILES string of the molecule is CCNC(=O)[C@@H](C)N(CCc1ccccc1)C(=O)Cc1c(Cl)cccc1Cl. The molecule has 0 aliphatic carbocycles. The fraction of sp³-hybridized carbons (Fsp3) is 0.333. The number of carbonyl (C=O) groups is 2. The predicted octanol–water partition coefficient (Wildman–Crippen LogP) is 4.13. The summed E-state index contributed by atoms with van der Waals surface area (Å²) >= 11 is 12.4. The molecule has 0 radical (unpaired) electrons. The molecule has 144 valence electrons. The van der Waals surface area contributed by atoms with E-state index in [1.807, 2.05) is 37.3 Å². The van der Waals surface area contributed by atoms with Gasteiger partial charge in [0.25, 0.3) is 0 Å². The number of nitrogens with one attached hydrogen (secondary N) is 1. The predicted molar refractivity (Wildman–Crippen MR) is 110 cm³/mol. The lowest BCUT2D eigenvalue weighted by Gasteiger charge is -2.29. The monoisotopic (exact) mass is 406 g/mol. The van der Waals surface area contributed by atoms with Gasteiger partial charge >= 0.3 is 0 Å². The van der Waals surface area contributed by atoms with E-state index in [4.69, 9.17) is 23.2 Å². The number of nitrogens with zero attached hydrogens (tertiary/aromatic N) is 1. The second-order valence-corrected chi connectivity index (χ2v) is 7.08. The van der Waals surface area contributed by atoms with E-state index >= 15 is 0 Å². The van der Waals surface area contributed by atoms with Gasteiger partial charge in [-0.3, -0.25) is 9.59 Å². The van der Waals surface area contributed by atoms with Gasteiger partial charge in [-0.25, -0.2) is 0 Å². The summed E-state index contributed by atoms with van der Waals surface area (Å²) in [6.07, 6.45) is 0.712. The normalized spacial score (nSPS) is 11.7. The first-order chi connectivity index (χ1) is 12.9. The lowest BCUT2D eigenvalue weighted by Crippen LogP contribution is -2.49. The molecule has 2 aromatic carbocycles. The second kappa shape index (κ2) is 10.3. The molecule has 0 heterocycles. The van der Waals surface area contributed by atoms with Gasteiger partial charge in [0.05, 0.1) is 6.42 Å². The zero-order valence-corrected chi connectivity index (χ0v) is 17.1. The van der Waals surface area contributed by atoms with Crippen molar-refractivity contribution in [2.75, 3.05) is 13.1 Å². The van der Waals surface area contributed by atoms with E-state index in [1.165, 1.54) is 0 Å². The van der Waals surface area contributed by atoms with Crippen LogP contribution in [-0.2, 0) is 22.4 Å². The highest BCUT2D eigenvalue weighted by atomic mass is 35.5. The number of carbonyl (C=O) groups excluding carboxylic acids is 2. The zero-order valence-electron chi connectivity index (χ0n) is 15.5. The van der Waals surface area contributed by atoms with Crippen molar-refractivity contribution in [1.29, 1.82) is 0 Å².